The molecule has 0 bridgehead atoms. The van der Waals surface area contributed by atoms with E-state index in [1.165, 1.54) is 0 Å². The molecule has 11 heteroatoms. The zero-order chi connectivity index (χ0) is 31.6. The number of carbonyl (C=O) groups is 1. The third-order valence-electron chi connectivity index (χ3n) is 7.86. The molecule has 3 aromatic heterocycles. The van der Waals surface area contributed by atoms with Crippen molar-refractivity contribution in [1.82, 2.24) is 29.2 Å². The number of pyridine rings is 1. The molecular weight excluding hydrogens is 579 g/mol. The number of alkyl halides is 3. The number of hydrogen-bond donors (Lipinski definition) is 1. The number of fused-ring (bicyclic) bond motifs is 1. The van der Waals surface area contributed by atoms with Gasteiger partial charge in [0.05, 0.1) is 23.7 Å². The van der Waals surface area contributed by atoms with Crippen LogP contribution in [0.3, 0.4) is 0 Å². The number of hydrogen-bond acceptors (Lipinski definition) is 6. The van der Waals surface area contributed by atoms with Crippen LogP contribution in [0.25, 0.3) is 16.9 Å². The van der Waals surface area contributed by atoms with Crippen molar-refractivity contribution < 1.29 is 18.0 Å². The molecule has 8 nitrogen and oxygen atoms in total. The fourth-order valence-electron chi connectivity index (χ4n) is 5.28. The molecule has 0 radical (unpaired) electrons. The number of benzene rings is 2. The molecule has 1 aliphatic rings. The zero-order valence-electron chi connectivity index (χ0n) is 24.8. The summed E-state index contributed by atoms with van der Waals surface area (Å²) in [6, 6.07) is 12.6. The highest BCUT2D eigenvalue weighted by Crippen LogP contribution is 2.33. The molecule has 1 amide bonds. The van der Waals surface area contributed by atoms with Crippen LogP contribution in [0.5, 0.6) is 0 Å². The standard InChI is InChI=1S/C34H30F3N7O/c1-23-25(6-7-29-19-40-32-20-39-31(22-44(29)32)26-8-10-38-11-9-26)4-3-5-30(23)33(45)41-28-17-24(16-27(18-28)34(35,36)37)21-43-14-12-42(2)13-15-43/h3-5,8-11,16-20,22H,12-15,21H2,1-2H3,(H,41,45). The van der Waals surface area contributed by atoms with Crippen LogP contribution in [0.15, 0.2) is 79.5 Å². The van der Waals surface area contributed by atoms with Crippen molar-refractivity contribution >= 4 is 17.2 Å². The largest absolute Gasteiger partial charge is 0.416 e. The predicted molar refractivity (Wildman–Crippen MR) is 166 cm³/mol. The molecule has 45 heavy (non-hydrogen) atoms. The lowest BCUT2D eigenvalue weighted by molar-refractivity contribution is -0.137. The monoisotopic (exact) mass is 609 g/mol. The first-order chi connectivity index (χ1) is 21.6. The highest BCUT2D eigenvalue weighted by Gasteiger charge is 2.31. The van der Waals surface area contributed by atoms with Gasteiger partial charge in [0.1, 0.15) is 5.69 Å². The van der Waals surface area contributed by atoms with Gasteiger partial charge >= 0.3 is 6.18 Å². The third kappa shape index (κ3) is 6.87. The Bertz CT molecular complexity index is 1920. The van der Waals surface area contributed by atoms with Crippen LogP contribution in [-0.2, 0) is 12.7 Å². The van der Waals surface area contributed by atoms with Gasteiger partial charge in [-0.1, -0.05) is 12.0 Å². The first kappa shape index (κ1) is 30.0. The van der Waals surface area contributed by atoms with E-state index in [9.17, 15) is 18.0 Å². The number of nitrogens with one attached hydrogen (secondary N) is 1. The van der Waals surface area contributed by atoms with Gasteiger partial charge in [-0.15, -0.1) is 0 Å². The van der Waals surface area contributed by atoms with Gasteiger partial charge in [-0.2, -0.15) is 13.2 Å². The molecule has 1 N–H and O–H groups in total. The van der Waals surface area contributed by atoms with Gasteiger partial charge in [0, 0.05) is 73.7 Å². The molecule has 0 aliphatic carbocycles. The second kappa shape index (κ2) is 12.5. The fourth-order valence-corrected chi connectivity index (χ4v) is 5.28. The number of piperazine rings is 1. The smallest absolute Gasteiger partial charge is 0.322 e. The summed E-state index contributed by atoms with van der Waals surface area (Å²) in [5, 5.41) is 2.70. The van der Waals surface area contributed by atoms with E-state index < -0.39 is 17.6 Å². The molecule has 5 aromatic rings. The number of amides is 1. The minimum Gasteiger partial charge on any atom is -0.322 e. The minimum atomic E-state index is -4.55. The van der Waals surface area contributed by atoms with Gasteiger partial charge in [-0.25, -0.2) is 4.98 Å². The Balaban J connectivity index is 1.25. The summed E-state index contributed by atoms with van der Waals surface area (Å²) in [5.41, 5.74) is 4.25. The van der Waals surface area contributed by atoms with E-state index in [0.717, 1.165) is 49.6 Å². The Kier molecular flexibility index (Phi) is 8.34. The Morgan fingerprint density at radius 1 is 0.978 bits per heavy atom. The number of aromatic nitrogens is 4. The van der Waals surface area contributed by atoms with Crippen LogP contribution in [0.1, 0.15) is 38.3 Å². The third-order valence-corrected chi connectivity index (χ3v) is 7.86. The SMILES string of the molecule is Cc1c(C#Cc2cnc3cnc(-c4ccncc4)cn23)cccc1C(=O)Nc1cc(CN2CCN(C)CC2)cc(C(F)(F)F)c1. The summed E-state index contributed by atoms with van der Waals surface area (Å²) in [6.07, 6.45) is 4.02. The maximum absolute atomic E-state index is 13.8. The van der Waals surface area contributed by atoms with Crippen LogP contribution >= 0.6 is 0 Å². The van der Waals surface area contributed by atoms with Crippen LogP contribution < -0.4 is 5.32 Å². The van der Waals surface area contributed by atoms with Crippen LogP contribution in [0.4, 0.5) is 18.9 Å². The summed E-state index contributed by atoms with van der Waals surface area (Å²) in [4.78, 5) is 30.6. The average Bonchev–Trinajstić information content (AvgIpc) is 3.44. The van der Waals surface area contributed by atoms with Crippen molar-refractivity contribution in [2.24, 2.45) is 0 Å². The van der Waals surface area contributed by atoms with Crippen LogP contribution in [0.2, 0.25) is 0 Å². The van der Waals surface area contributed by atoms with Gasteiger partial charge < -0.3 is 10.2 Å². The van der Waals surface area contributed by atoms with E-state index in [4.69, 9.17) is 0 Å². The molecule has 1 saturated heterocycles. The first-order valence-electron chi connectivity index (χ1n) is 14.4. The van der Waals surface area contributed by atoms with E-state index >= 15 is 0 Å². The van der Waals surface area contributed by atoms with Crippen molar-refractivity contribution in [2.45, 2.75) is 19.6 Å². The van der Waals surface area contributed by atoms with Crippen molar-refractivity contribution in [3.05, 3.63) is 113 Å². The first-order valence-corrected chi connectivity index (χ1v) is 14.4. The van der Waals surface area contributed by atoms with Crippen molar-refractivity contribution in [2.75, 3.05) is 38.5 Å². The van der Waals surface area contributed by atoms with Gasteiger partial charge in [0.15, 0.2) is 5.65 Å². The second-order valence-electron chi connectivity index (χ2n) is 11.1. The van der Waals surface area contributed by atoms with E-state index in [-0.39, 0.29) is 5.69 Å². The maximum atomic E-state index is 13.8. The molecule has 228 valence electrons. The highest BCUT2D eigenvalue weighted by molar-refractivity contribution is 6.05. The number of imidazole rings is 1. The molecule has 2 aromatic carbocycles. The molecule has 1 fully saturated rings. The Morgan fingerprint density at radius 3 is 2.51 bits per heavy atom. The zero-order valence-corrected chi connectivity index (χ0v) is 24.8. The van der Waals surface area contributed by atoms with E-state index in [1.807, 2.05) is 29.8 Å². The summed E-state index contributed by atoms with van der Waals surface area (Å²) in [5.74, 6) is 5.76. The summed E-state index contributed by atoms with van der Waals surface area (Å²) in [7, 11) is 2.02. The Hall–Kier alpha value is -5.05. The number of halogens is 3. The molecule has 0 spiro atoms. The minimum absolute atomic E-state index is 0.0965. The Labute approximate surface area is 258 Å². The predicted octanol–water partition coefficient (Wildman–Crippen LogP) is 5.52. The summed E-state index contributed by atoms with van der Waals surface area (Å²) in [6.45, 7) is 5.36. The van der Waals surface area contributed by atoms with Crippen molar-refractivity contribution in [1.29, 1.82) is 0 Å². The lowest BCUT2D eigenvalue weighted by atomic mass is 10.0. The summed E-state index contributed by atoms with van der Waals surface area (Å²) < 4.78 is 43.2. The van der Waals surface area contributed by atoms with E-state index in [1.54, 1.807) is 56.0 Å². The molecular formula is C34H30F3N7O. The quantitative estimate of drug-likeness (QED) is 0.265. The number of carbonyl (C=O) groups excluding carboxylic acids is 1. The lowest BCUT2D eigenvalue weighted by Crippen LogP contribution is -2.43. The number of anilines is 1. The number of rotatable bonds is 5. The lowest BCUT2D eigenvalue weighted by Gasteiger charge is -2.32. The van der Waals surface area contributed by atoms with Gasteiger partial charge in [-0.05, 0) is 73.5 Å². The molecule has 0 atom stereocenters. The molecule has 6 rings (SSSR count). The van der Waals surface area contributed by atoms with E-state index in [2.05, 4.69) is 41.9 Å². The highest BCUT2D eigenvalue weighted by atomic mass is 19.4. The van der Waals surface area contributed by atoms with Gasteiger partial charge in [-0.3, -0.25) is 24.1 Å². The fraction of sp³-hybridized carbons (Fsp3) is 0.235. The molecule has 0 unspecified atom stereocenters. The van der Waals surface area contributed by atoms with Crippen molar-refractivity contribution in [3.63, 3.8) is 0 Å². The topological polar surface area (TPSA) is 78.7 Å². The second-order valence-corrected chi connectivity index (χ2v) is 11.1. The Morgan fingerprint density at radius 2 is 1.76 bits per heavy atom. The molecule has 0 saturated carbocycles. The van der Waals surface area contributed by atoms with Crippen LogP contribution in [-0.4, -0.2) is 68.3 Å². The number of likely N-dealkylation sites (N-methyl/N-ethyl adjacent to an activating group) is 1. The van der Waals surface area contributed by atoms with Crippen molar-refractivity contribution in [3.8, 4) is 23.1 Å². The molecule has 1 aliphatic heterocycles. The average molecular weight is 610 g/mol. The molecule has 4 heterocycles. The maximum Gasteiger partial charge on any atom is 0.416 e. The normalized spacial score (nSPS) is 14.2. The van der Waals surface area contributed by atoms with Gasteiger partial charge in [0.2, 0.25) is 0 Å². The summed E-state index contributed by atoms with van der Waals surface area (Å²) >= 11 is 0. The van der Waals surface area contributed by atoms with Gasteiger partial charge in [0.25, 0.3) is 5.91 Å². The van der Waals surface area contributed by atoms with E-state index in [0.29, 0.717) is 40.1 Å². The van der Waals surface area contributed by atoms with Crippen LogP contribution in [0, 0.1) is 18.8 Å². The number of nitrogens with zero attached hydrogens (tertiary/aromatic N) is 6.